The van der Waals surface area contributed by atoms with E-state index in [1.807, 2.05) is 0 Å². The van der Waals surface area contributed by atoms with Gasteiger partial charge in [-0.15, -0.1) is 0 Å². The predicted octanol–water partition coefficient (Wildman–Crippen LogP) is 0.596. The Morgan fingerprint density at radius 3 is 1.92 bits per heavy atom. The summed E-state index contributed by atoms with van der Waals surface area (Å²) in [6.45, 7) is 7.13. The van der Waals surface area contributed by atoms with Crippen molar-refractivity contribution in [3.05, 3.63) is 0 Å². The summed E-state index contributed by atoms with van der Waals surface area (Å²) < 4.78 is 0. The van der Waals surface area contributed by atoms with Gasteiger partial charge in [0, 0.05) is 12.1 Å². The summed E-state index contributed by atoms with van der Waals surface area (Å²) in [6.07, 6.45) is 2.68. The van der Waals surface area contributed by atoms with Crippen LogP contribution in [0.2, 0.25) is 0 Å². The maximum atomic E-state index is 2.57. The van der Waals surface area contributed by atoms with E-state index in [4.69, 9.17) is 0 Å². The van der Waals surface area contributed by atoms with Crippen molar-refractivity contribution in [3.63, 3.8) is 0 Å². The van der Waals surface area contributed by atoms with Gasteiger partial charge in [-0.3, -0.25) is 0 Å². The molecule has 0 aliphatic carbocycles. The molecular weight excluding hydrogens is 164 g/mol. The molecule has 0 unspecified atom stereocenters. The first-order chi connectivity index (χ1) is 5.61. The quantitative estimate of drug-likeness (QED) is 0.636. The van der Waals surface area contributed by atoms with Crippen LogP contribution in [0.25, 0.3) is 0 Å². The Morgan fingerprint density at radius 1 is 1.15 bits per heavy atom. The summed E-state index contributed by atoms with van der Waals surface area (Å²) >= 11 is 0. The molecule has 1 aliphatic rings. The van der Waals surface area contributed by atoms with Crippen molar-refractivity contribution in [1.29, 1.82) is 0 Å². The van der Waals surface area contributed by atoms with Crippen molar-refractivity contribution in [2.45, 2.75) is 38.8 Å². The van der Waals surface area contributed by atoms with E-state index < -0.39 is 0 Å². The fourth-order valence-electron chi connectivity index (χ4n) is 1.92. The maximum absolute atomic E-state index is 2.57. The molecule has 3 heteroatoms. The molecule has 80 valence electrons. The molecule has 1 saturated heterocycles. The fraction of sp³-hybridized carbons (Fsp3) is 1.00. The zero-order chi connectivity index (χ0) is 9.14. The van der Waals surface area contributed by atoms with Crippen molar-refractivity contribution < 1.29 is 5.48 Å². The standard InChI is InChI=1S/C10H22N2.H2O/c1-9(2)12-7-5-10(6-8-12)11(3)4;/h9-10H,5-8H2,1-4H3;1H2. The predicted molar refractivity (Wildman–Crippen MR) is 57.0 cm³/mol. The first kappa shape index (κ1) is 12.9. The molecule has 0 spiro atoms. The van der Waals surface area contributed by atoms with Gasteiger partial charge in [0.2, 0.25) is 0 Å². The molecule has 13 heavy (non-hydrogen) atoms. The Balaban J connectivity index is 0.00000144. The Hall–Kier alpha value is -0.120. The van der Waals surface area contributed by atoms with E-state index in [1.54, 1.807) is 0 Å². The highest BCUT2D eigenvalue weighted by atomic mass is 16.0. The van der Waals surface area contributed by atoms with Gasteiger partial charge in [-0.05, 0) is 53.9 Å². The molecule has 2 N–H and O–H groups in total. The minimum atomic E-state index is 0. The Bertz CT molecular complexity index is 113. The normalized spacial score (nSPS) is 20.8. The van der Waals surface area contributed by atoms with Gasteiger partial charge in [0.25, 0.3) is 0 Å². The van der Waals surface area contributed by atoms with Crippen LogP contribution >= 0.6 is 0 Å². The van der Waals surface area contributed by atoms with E-state index in [1.165, 1.54) is 25.9 Å². The van der Waals surface area contributed by atoms with Crippen LogP contribution < -0.4 is 0 Å². The average Bonchev–Trinajstić information content (AvgIpc) is 2.04. The van der Waals surface area contributed by atoms with Crippen LogP contribution in [0.1, 0.15) is 26.7 Å². The second-order valence-electron chi connectivity index (χ2n) is 4.32. The van der Waals surface area contributed by atoms with E-state index in [0.717, 1.165) is 12.1 Å². The number of rotatable bonds is 2. The maximum Gasteiger partial charge on any atom is 0.0113 e. The third-order valence-electron chi connectivity index (χ3n) is 2.96. The molecule has 0 bridgehead atoms. The van der Waals surface area contributed by atoms with Crippen molar-refractivity contribution in [2.24, 2.45) is 0 Å². The van der Waals surface area contributed by atoms with Gasteiger partial charge in [-0.1, -0.05) is 0 Å². The fourth-order valence-corrected chi connectivity index (χ4v) is 1.92. The Morgan fingerprint density at radius 2 is 1.62 bits per heavy atom. The molecule has 0 aromatic heterocycles. The van der Waals surface area contributed by atoms with E-state index in [-0.39, 0.29) is 5.48 Å². The van der Waals surface area contributed by atoms with Crippen molar-refractivity contribution in [3.8, 4) is 0 Å². The highest BCUT2D eigenvalue weighted by Crippen LogP contribution is 2.15. The smallest absolute Gasteiger partial charge is 0.0113 e. The van der Waals surface area contributed by atoms with Crippen LogP contribution in [0, 0.1) is 0 Å². The van der Waals surface area contributed by atoms with Crippen LogP contribution in [0.15, 0.2) is 0 Å². The van der Waals surface area contributed by atoms with Crippen LogP contribution in [0.4, 0.5) is 0 Å². The monoisotopic (exact) mass is 188 g/mol. The van der Waals surface area contributed by atoms with Crippen LogP contribution in [0.3, 0.4) is 0 Å². The van der Waals surface area contributed by atoms with E-state index in [2.05, 4.69) is 37.7 Å². The largest absolute Gasteiger partial charge is 0.412 e. The molecule has 1 fully saturated rings. The topological polar surface area (TPSA) is 38.0 Å². The molecule has 0 saturated carbocycles. The summed E-state index contributed by atoms with van der Waals surface area (Å²) in [4.78, 5) is 4.93. The first-order valence-electron chi connectivity index (χ1n) is 5.01. The lowest BCUT2D eigenvalue weighted by molar-refractivity contribution is 0.121. The van der Waals surface area contributed by atoms with Crippen LogP contribution in [-0.4, -0.2) is 54.5 Å². The molecule has 1 aliphatic heterocycles. The molecule has 0 amide bonds. The van der Waals surface area contributed by atoms with Gasteiger partial charge < -0.3 is 15.3 Å². The number of hydrogen-bond donors (Lipinski definition) is 0. The van der Waals surface area contributed by atoms with E-state index >= 15 is 0 Å². The highest BCUT2D eigenvalue weighted by molar-refractivity contribution is 4.78. The van der Waals surface area contributed by atoms with Crippen molar-refractivity contribution in [1.82, 2.24) is 9.80 Å². The highest BCUT2D eigenvalue weighted by Gasteiger charge is 2.21. The second-order valence-corrected chi connectivity index (χ2v) is 4.32. The number of hydrogen-bond acceptors (Lipinski definition) is 2. The minimum absolute atomic E-state index is 0. The molecule has 1 heterocycles. The molecular formula is C10H24N2O. The zero-order valence-corrected chi connectivity index (χ0v) is 9.38. The average molecular weight is 188 g/mol. The summed E-state index contributed by atoms with van der Waals surface area (Å²) in [7, 11) is 4.38. The summed E-state index contributed by atoms with van der Waals surface area (Å²) in [5.41, 5.74) is 0. The lowest BCUT2D eigenvalue weighted by Gasteiger charge is -2.37. The van der Waals surface area contributed by atoms with Gasteiger partial charge in [0.15, 0.2) is 0 Å². The minimum Gasteiger partial charge on any atom is -0.412 e. The Kier molecular flexibility index (Phi) is 5.53. The van der Waals surface area contributed by atoms with Crippen molar-refractivity contribution >= 4 is 0 Å². The number of likely N-dealkylation sites (tertiary alicyclic amines) is 1. The SMILES string of the molecule is CC(C)N1CCC(N(C)C)CC1.O. The second kappa shape index (κ2) is 5.58. The molecule has 0 aromatic rings. The summed E-state index contributed by atoms with van der Waals surface area (Å²) in [5, 5.41) is 0. The van der Waals surface area contributed by atoms with Crippen LogP contribution in [0.5, 0.6) is 0 Å². The number of nitrogens with zero attached hydrogens (tertiary/aromatic N) is 2. The summed E-state index contributed by atoms with van der Waals surface area (Å²) in [6, 6.07) is 1.55. The van der Waals surface area contributed by atoms with Gasteiger partial charge >= 0.3 is 0 Å². The van der Waals surface area contributed by atoms with Gasteiger partial charge in [0.1, 0.15) is 0 Å². The third-order valence-corrected chi connectivity index (χ3v) is 2.96. The van der Waals surface area contributed by atoms with Gasteiger partial charge in [-0.25, -0.2) is 0 Å². The lowest BCUT2D eigenvalue weighted by Crippen LogP contribution is -2.44. The molecule has 3 nitrogen and oxygen atoms in total. The number of piperidine rings is 1. The molecule has 1 rings (SSSR count). The molecule has 0 aromatic carbocycles. The molecule has 0 atom stereocenters. The van der Waals surface area contributed by atoms with Gasteiger partial charge in [-0.2, -0.15) is 0 Å². The van der Waals surface area contributed by atoms with Crippen LogP contribution in [-0.2, 0) is 0 Å². The third kappa shape index (κ3) is 3.63. The van der Waals surface area contributed by atoms with E-state index in [0.29, 0.717) is 0 Å². The van der Waals surface area contributed by atoms with Crippen molar-refractivity contribution in [2.75, 3.05) is 27.2 Å². The first-order valence-corrected chi connectivity index (χ1v) is 5.01. The molecule has 0 radical (unpaired) electrons. The van der Waals surface area contributed by atoms with E-state index in [9.17, 15) is 0 Å². The summed E-state index contributed by atoms with van der Waals surface area (Å²) in [5.74, 6) is 0. The zero-order valence-electron chi connectivity index (χ0n) is 9.38. The Labute approximate surface area is 82.0 Å². The lowest BCUT2D eigenvalue weighted by atomic mass is 10.0. The van der Waals surface area contributed by atoms with Gasteiger partial charge in [0.05, 0.1) is 0 Å².